The Kier molecular flexibility index (Phi) is 2.49. The third kappa shape index (κ3) is 1.63. The van der Waals surface area contributed by atoms with Gasteiger partial charge in [0.05, 0.1) is 0 Å². The second-order valence-electron chi connectivity index (χ2n) is 4.75. The highest BCUT2D eigenvalue weighted by atomic mass is 14.9. The van der Waals surface area contributed by atoms with Gasteiger partial charge >= 0.3 is 0 Å². The van der Waals surface area contributed by atoms with Crippen LogP contribution in [-0.4, -0.2) is 6.04 Å². The number of nitrogens with one attached hydrogen (secondary N) is 1. The van der Waals surface area contributed by atoms with Gasteiger partial charge in [-0.2, -0.15) is 0 Å². The summed E-state index contributed by atoms with van der Waals surface area (Å²) in [6.45, 7) is 6.93. The van der Waals surface area contributed by atoms with E-state index >= 15 is 0 Å². The van der Waals surface area contributed by atoms with Crippen LogP contribution in [0, 0.1) is 11.8 Å². The molecule has 0 bridgehead atoms. The first-order valence-electron chi connectivity index (χ1n) is 5.53. The predicted octanol–water partition coefficient (Wildman–Crippen LogP) is 3.32. The number of benzene rings is 1. The van der Waals surface area contributed by atoms with Crippen molar-refractivity contribution in [2.24, 2.45) is 11.8 Å². The van der Waals surface area contributed by atoms with Gasteiger partial charge in [-0.15, -0.1) is 0 Å². The molecule has 0 spiro atoms. The van der Waals surface area contributed by atoms with Gasteiger partial charge in [0.15, 0.2) is 0 Å². The fourth-order valence-electron chi connectivity index (χ4n) is 2.46. The molecule has 76 valence electrons. The summed E-state index contributed by atoms with van der Waals surface area (Å²) >= 11 is 0. The normalized spacial score (nSPS) is 25.7. The van der Waals surface area contributed by atoms with Crippen molar-refractivity contribution < 1.29 is 0 Å². The molecule has 1 aromatic carbocycles. The van der Waals surface area contributed by atoms with Crippen molar-refractivity contribution in [3.8, 4) is 0 Å². The van der Waals surface area contributed by atoms with E-state index < -0.39 is 0 Å². The summed E-state index contributed by atoms with van der Waals surface area (Å²) in [5.74, 6) is 1.45. The van der Waals surface area contributed by atoms with E-state index in [9.17, 15) is 0 Å². The number of anilines is 1. The van der Waals surface area contributed by atoms with Crippen LogP contribution in [0.25, 0.3) is 0 Å². The van der Waals surface area contributed by atoms with Crippen LogP contribution in [0.5, 0.6) is 0 Å². The molecule has 14 heavy (non-hydrogen) atoms. The van der Waals surface area contributed by atoms with E-state index in [1.807, 2.05) is 0 Å². The first-order chi connectivity index (χ1) is 6.68. The highest BCUT2D eigenvalue weighted by molar-refractivity contribution is 5.54. The maximum absolute atomic E-state index is 3.65. The lowest BCUT2D eigenvalue weighted by molar-refractivity contribution is 0.376. The molecule has 0 radical (unpaired) electrons. The summed E-state index contributed by atoms with van der Waals surface area (Å²) in [5.41, 5.74) is 2.81. The summed E-state index contributed by atoms with van der Waals surface area (Å²) < 4.78 is 0. The molecule has 0 saturated heterocycles. The smallest absolute Gasteiger partial charge is 0.0375 e. The van der Waals surface area contributed by atoms with Crippen LogP contribution in [0.1, 0.15) is 26.3 Å². The zero-order valence-corrected chi connectivity index (χ0v) is 9.25. The van der Waals surface area contributed by atoms with E-state index in [4.69, 9.17) is 0 Å². The molecule has 0 aliphatic carbocycles. The first kappa shape index (κ1) is 9.57. The quantitative estimate of drug-likeness (QED) is 0.714. The molecule has 2 rings (SSSR count). The van der Waals surface area contributed by atoms with Crippen LogP contribution in [0.4, 0.5) is 5.69 Å². The Morgan fingerprint density at radius 2 is 2.00 bits per heavy atom. The van der Waals surface area contributed by atoms with Crippen molar-refractivity contribution in [3.05, 3.63) is 29.8 Å². The average molecular weight is 189 g/mol. The molecule has 1 aliphatic heterocycles. The molecule has 1 aliphatic rings. The van der Waals surface area contributed by atoms with Gasteiger partial charge in [-0.3, -0.25) is 0 Å². The Balaban J connectivity index is 2.27. The lowest BCUT2D eigenvalue weighted by Crippen LogP contribution is -2.37. The Morgan fingerprint density at radius 3 is 2.71 bits per heavy atom. The minimum atomic E-state index is 0.630. The minimum Gasteiger partial charge on any atom is -0.382 e. The zero-order valence-electron chi connectivity index (χ0n) is 9.25. The van der Waals surface area contributed by atoms with Gasteiger partial charge in [0.25, 0.3) is 0 Å². The second-order valence-corrected chi connectivity index (χ2v) is 4.75. The number of fused-ring (bicyclic) bond motifs is 1. The lowest BCUT2D eigenvalue weighted by Gasteiger charge is -2.35. The van der Waals surface area contributed by atoms with E-state index in [-0.39, 0.29) is 0 Å². The molecule has 0 saturated carbocycles. The monoisotopic (exact) mass is 189 g/mol. The molecule has 0 amide bonds. The third-order valence-electron chi connectivity index (χ3n) is 3.21. The van der Waals surface area contributed by atoms with Crippen LogP contribution < -0.4 is 5.32 Å². The van der Waals surface area contributed by atoms with Crippen LogP contribution in [0.2, 0.25) is 0 Å². The molecule has 1 heteroatoms. The molecular formula is C13H19N. The summed E-state index contributed by atoms with van der Waals surface area (Å²) in [5, 5.41) is 3.65. The third-order valence-corrected chi connectivity index (χ3v) is 3.21. The fraction of sp³-hybridized carbons (Fsp3) is 0.538. The Morgan fingerprint density at radius 1 is 1.29 bits per heavy atom. The van der Waals surface area contributed by atoms with Gasteiger partial charge in [0, 0.05) is 11.7 Å². The fourth-order valence-corrected chi connectivity index (χ4v) is 2.46. The van der Waals surface area contributed by atoms with E-state index in [0.29, 0.717) is 12.0 Å². The largest absolute Gasteiger partial charge is 0.382 e. The van der Waals surface area contributed by atoms with Crippen molar-refractivity contribution in [2.45, 2.75) is 33.2 Å². The van der Waals surface area contributed by atoms with Crippen molar-refractivity contribution >= 4 is 5.69 Å². The Hall–Kier alpha value is -0.980. The highest BCUT2D eigenvalue weighted by Gasteiger charge is 2.26. The van der Waals surface area contributed by atoms with Crippen molar-refractivity contribution in [3.63, 3.8) is 0 Å². The SMILES string of the molecule is CC(C)[C@@H]1Nc2ccccc2C[C@@H]1C. The van der Waals surface area contributed by atoms with Crippen LogP contribution in [0.15, 0.2) is 24.3 Å². The van der Waals surface area contributed by atoms with Crippen LogP contribution in [0.3, 0.4) is 0 Å². The van der Waals surface area contributed by atoms with Gasteiger partial charge in [-0.05, 0) is 29.9 Å². The minimum absolute atomic E-state index is 0.630. The van der Waals surface area contributed by atoms with E-state index in [1.165, 1.54) is 17.7 Å². The number of para-hydroxylation sites is 1. The lowest BCUT2D eigenvalue weighted by atomic mass is 9.83. The van der Waals surface area contributed by atoms with E-state index in [0.717, 1.165) is 5.92 Å². The molecule has 0 unspecified atom stereocenters. The van der Waals surface area contributed by atoms with E-state index in [1.54, 1.807) is 0 Å². The number of rotatable bonds is 1. The Bertz CT molecular complexity index is 317. The molecule has 1 heterocycles. The molecular weight excluding hydrogens is 170 g/mol. The molecule has 0 fully saturated rings. The number of hydrogen-bond acceptors (Lipinski definition) is 1. The van der Waals surface area contributed by atoms with Crippen molar-refractivity contribution in [1.29, 1.82) is 0 Å². The molecule has 1 N–H and O–H groups in total. The van der Waals surface area contributed by atoms with Gasteiger partial charge in [0.1, 0.15) is 0 Å². The zero-order chi connectivity index (χ0) is 10.1. The van der Waals surface area contributed by atoms with Crippen LogP contribution >= 0.6 is 0 Å². The standard InChI is InChI=1S/C13H19N/c1-9(2)13-10(3)8-11-6-4-5-7-12(11)14-13/h4-7,9-10,13-14H,8H2,1-3H3/t10-,13-/m0/s1. The van der Waals surface area contributed by atoms with Gasteiger partial charge < -0.3 is 5.32 Å². The molecule has 2 atom stereocenters. The predicted molar refractivity (Wildman–Crippen MR) is 61.6 cm³/mol. The topological polar surface area (TPSA) is 12.0 Å². The van der Waals surface area contributed by atoms with E-state index in [2.05, 4.69) is 50.4 Å². The summed E-state index contributed by atoms with van der Waals surface area (Å²) in [7, 11) is 0. The molecule has 0 aromatic heterocycles. The summed E-state index contributed by atoms with van der Waals surface area (Å²) in [6, 6.07) is 9.29. The average Bonchev–Trinajstić information content (AvgIpc) is 2.16. The maximum atomic E-state index is 3.65. The summed E-state index contributed by atoms with van der Waals surface area (Å²) in [6.07, 6.45) is 1.21. The summed E-state index contributed by atoms with van der Waals surface area (Å²) in [4.78, 5) is 0. The van der Waals surface area contributed by atoms with Crippen molar-refractivity contribution in [2.75, 3.05) is 5.32 Å². The molecule has 1 aromatic rings. The number of hydrogen-bond donors (Lipinski definition) is 1. The first-order valence-corrected chi connectivity index (χ1v) is 5.53. The van der Waals surface area contributed by atoms with Gasteiger partial charge in [-0.25, -0.2) is 0 Å². The Labute approximate surface area is 86.5 Å². The van der Waals surface area contributed by atoms with Gasteiger partial charge in [0.2, 0.25) is 0 Å². The maximum Gasteiger partial charge on any atom is 0.0375 e. The second kappa shape index (κ2) is 3.64. The highest BCUT2D eigenvalue weighted by Crippen LogP contribution is 2.30. The van der Waals surface area contributed by atoms with Gasteiger partial charge in [-0.1, -0.05) is 39.0 Å². The van der Waals surface area contributed by atoms with Crippen LogP contribution in [-0.2, 0) is 6.42 Å². The van der Waals surface area contributed by atoms with Crippen molar-refractivity contribution in [1.82, 2.24) is 0 Å². The molecule has 1 nitrogen and oxygen atoms in total.